The maximum absolute atomic E-state index is 3.48. The molecule has 0 aromatic heterocycles. The summed E-state index contributed by atoms with van der Waals surface area (Å²) in [6.07, 6.45) is 1.18. The molecular formula is C14H24N2. The average molecular weight is 220 g/mol. The second-order valence-corrected chi connectivity index (χ2v) is 4.50. The van der Waals surface area contributed by atoms with E-state index in [0.29, 0.717) is 0 Å². The maximum atomic E-state index is 3.48. The summed E-state index contributed by atoms with van der Waals surface area (Å²) in [5.74, 6) is 0. The van der Waals surface area contributed by atoms with Gasteiger partial charge in [-0.05, 0) is 69.6 Å². The number of aryl methyl sites for hydroxylation is 3. The molecule has 0 spiro atoms. The quantitative estimate of drug-likeness (QED) is 0.719. The van der Waals surface area contributed by atoms with E-state index in [4.69, 9.17) is 0 Å². The fraction of sp³-hybridized carbons (Fsp3) is 0.571. The summed E-state index contributed by atoms with van der Waals surface area (Å²) < 4.78 is 0. The van der Waals surface area contributed by atoms with Crippen LogP contribution in [0.3, 0.4) is 0 Å². The van der Waals surface area contributed by atoms with Crippen LogP contribution in [0.25, 0.3) is 0 Å². The Balaban J connectivity index is 2.45. The summed E-state index contributed by atoms with van der Waals surface area (Å²) in [5.41, 5.74) is 5.59. The molecule has 0 saturated heterocycles. The van der Waals surface area contributed by atoms with Crippen molar-refractivity contribution in [1.82, 2.24) is 10.6 Å². The molecular weight excluding hydrogens is 196 g/mol. The highest BCUT2D eigenvalue weighted by molar-refractivity contribution is 5.36. The van der Waals surface area contributed by atoms with Crippen LogP contribution in [-0.2, 0) is 6.54 Å². The lowest BCUT2D eigenvalue weighted by atomic mass is 10.0. The number of nitrogens with one attached hydrogen (secondary N) is 2. The lowest BCUT2D eigenvalue weighted by Gasteiger charge is -2.11. The predicted octanol–water partition coefficient (Wildman–Crippen LogP) is 2.31. The molecule has 0 amide bonds. The zero-order chi connectivity index (χ0) is 12.0. The first kappa shape index (κ1) is 13.2. The fourth-order valence-electron chi connectivity index (χ4n) is 1.82. The SMILES string of the molecule is CNCCCNCc1cc(C)c(C)cc1C. The molecule has 2 N–H and O–H groups in total. The summed E-state index contributed by atoms with van der Waals surface area (Å²) in [5, 5.41) is 6.64. The van der Waals surface area contributed by atoms with Gasteiger partial charge in [-0.3, -0.25) is 0 Å². The Kier molecular flexibility index (Phi) is 5.50. The molecule has 16 heavy (non-hydrogen) atoms. The highest BCUT2D eigenvalue weighted by Gasteiger charge is 2.01. The molecule has 0 fully saturated rings. The van der Waals surface area contributed by atoms with Gasteiger partial charge in [-0.15, -0.1) is 0 Å². The van der Waals surface area contributed by atoms with Gasteiger partial charge in [0.2, 0.25) is 0 Å². The van der Waals surface area contributed by atoms with Crippen LogP contribution in [-0.4, -0.2) is 20.1 Å². The largest absolute Gasteiger partial charge is 0.320 e. The van der Waals surface area contributed by atoms with E-state index in [0.717, 1.165) is 19.6 Å². The smallest absolute Gasteiger partial charge is 0.0208 e. The number of hydrogen-bond acceptors (Lipinski definition) is 2. The Morgan fingerprint density at radius 3 is 2.31 bits per heavy atom. The minimum atomic E-state index is 0.983. The topological polar surface area (TPSA) is 24.1 Å². The summed E-state index contributed by atoms with van der Waals surface area (Å²) in [6.45, 7) is 9.69. The molecule has 0 radical (unpaired) electrons. The second kappa shape index (κ2) is 6.66. The molecule has 1 aromatic carbocycles. The van der Waals surface area contributed by atoms with Gasteiger partial charge in [-0.1, -0.05) is 12.1 Å². The molecule has 0 saturated carbocycles. The Morgan fingerprint density at radius 2 is 1.62 bits per heavy atom. The Labute approximate surface area is 99.5 Å². The van der Waals surface area contributed by atoms with Gasteiger partial charge in [0.15, 0.2) is 0 Å². The molecule has 0 bridgehead atoms. The summed E-state index contributed by atoms with van der Waals surface area (Å²) in [6, 6.07) is 4.58. The molecule has 2 heteroatoms. The zero-order valence-corrected chi connectivity index (χ0v) is 11.0. The van der Waals surface area contributed by atoms with Crippen molar-refractivity contribution in [1.29, 1.82) is 0 Å². The third-order valence-corrected chi connectivity index (χ3v) is 3.05. The lowest BCUT2D eigenvalue weighted by Crippen LogP contribution is -2.19. The van der Waals surface area contributed by atoms with E-state index < -0.39 is 0 Å². The highest BCUT2D eigenvalue weighted by atomic mass is 14.9. The molecule has 0 aliphatic rings. The molecule has 1 rings (SSSR count). The number of hydrogen-bond donors (Lipinski definition) is 2. The van der Waals surface area contributed by atoms with Crippen molar-refractivity contribution < 1.29 is 0 Å². The van der Waals surface area contributed by atoms with E-state index in [1.54, 1.807) is 0 Å². The molecule has 0 atom stereocenters. The highest BCUT2D eigenvalue weighted by Crippen LogP contribution is 2.14. The third-order valence-electron chi connectivity index (χ3n) is 3.05. The standard InChI is InChI=1S/C14H24N2/c1-11-8-13(3)14(9-12(11)2)10-16-7-5-6-15-4/h8-9,15-16H,5-7,10H2,1-4H3. The van der Waals surface area contributed by atoms with E-state index in [-0.39, 0.29) is 0 Å². The molecule has 0 heterocycles. The predicted molar refractivity (Wildman–Crippen MR) is 70.9 cm³/mol. The van der Waals surface area contributed by atoms with Gasteiger partial charge in [-0.25, -0.2) is 0 Å². The van der Waals surface area contributed by atoms with Crippen molar-refractivity contribution in [2.24, 2.45) is 0 Å². The van der Waals surface area contributed by atoms with E-state index >= 15 is 0 Å². The van der Waals surface area contributed by atoms with Crippen LogP contribution >= 0.6 is 0 Å². The van der Waals surface area contributed by atoms with Crippen LogP contribution in [0.15, 0.2) is 12.1 Å². The van der Waals surface area contributed by atoms with Gasteiger partial charge in [0.25, 0.3) is 0 Å². The van der Waals surface area contributed by atoms with Gasteiger partial charge >= 0.3 is 0 Å². The van der Waals surface area contributed by atoms with E-state index in [2.05, 4.69) is 43.5 Å². The van der Waals surface area contributed by atoms with Crippen molar-refractivity contribution in [2.45, 2.75) is 33.7 Å². The minimum absolute atomic E-state index is 0.983. The first-order valence-electron chi connectivity index (χ1n) is 6.07. The second-order valence-electron chi connectivity index (χ2n) is 4.50. The van der Waals surface area contributed by atoms with Crippen LogP contribution in [0, 0.1) is 20.8 Å². The minimum Gasteiger partial charge on any atom is -0.320 e. The van der Waals surface area contributed by atoms with Crippen molar-refractivity contribution in [3.05, 3.63) is 34.4 Å². The van der Waals surface area contributed by atoms with Gasteiger partial charge in [0, 0.05) is 6.54 Å². The van der Waals surface area contributed by atoms with Crippen molar-refractivity contribution in [2.75, 3.05) is 20.1 Å². The fourth-order valence-corrected chi connectivity index (χ4v) is 1.82. The summed E-state index contributed by atoms with van der Waals surface area (Å²) in [4.78, 5) is 0. The molecule has 0 aliphatic heterocycles. The Morgan fingerprint density at radius 1 is 0.938 bits per heavy atom. The van der Waals surface area contributed by atoms with Crippen molar-refractivity contribution in [3.8, 4) is 0 Å². The first-order valence-corrected chi connectivity index (χ1v) is 6.07. The third kappa shape index (κ3) is 3.95. The maximum Gasteiger partial charge on any atom is 0.0208 e. The van der Waals surface area contributed by atoms with Crippen molar-refractivity contribution >= 4 is 0 Å². The lowest BCUT2D eigenvalue weighted by molar-refractivity contribution is 0.624. The molecule has 0 aliphatic carbocycles. The van der Waals surface area contributed by atoms with Gasteiger partial charge in [0.1, 0.15) is 0 Å². The number of rotatable bonds is 6. The summed E-state index contributed by atoms with van der Waals surface area (Å²) in [7, 11) is 1.99. The van der Waals surface area contributed by atoms with Gasteiger partial charge in [0.05, 0.1) is 0 Å². The van der Waals surface area contributed by atoms with E-state index in [1.807, 2.05) is 7.05 Å². The van der Waals surface area contributed by atoms with Crippen LogP contribution in [0.1, 0.15) is 28.7 Å². The van der Waals surface area contributed by atoms with Crippen LogP contribution < -0.4 is 10.6 Å². The van der Waals surface area contributed by atoms with E-state index in [9.17, 15) is 0 Å². The van der Waals surface area contributed by atoms with E-state index in [1.165, 1.54) is 28.7 Å². The van der Waals surface area contributed by atoms with Crippen LogP contribution in [0.4, 0.5) is 0 Å². The van der Waals surface area contributed by atoms with Crippen LogP contribution in [0.5, 0.6) is 0 Å². The van der Waals surface area contributed by atoms with Gasteiger partial charge < -0.3 is 10.6 Å². The monoisotopic (exact) mass is 220 g/mol. The van der Waals surface area contributed by atoms with Crippen molar-refractivity contribution in [3.63, 3.8) is 0 Å². The van der Waals surface area contributed by atoms with Gasteiger partial charge in [-0.2, -0.15) is 0 Å². The molecule has 1 aromatic rings. The number of benzene rings is 1. The molecule has 2 nitrogen and oxygen atoms in total. The Hall–Kier alpha value is -0.860. The zero-order valence-electron chi connectivity index (χ0n) is 11.0. The molecule has 90 valence electrons. The summed E-state index contributed by atoms with van der Waals surface area (Å²) >= 11 is 0. The normalized spacial score (nSPS) is 10.8. The molecule has 0 unspecified atom stereocenters. The Bertz CT molecular complexity index is 332. The van der Waals surface area contributed by atoms with Crippen LogP contribution in [0.2, 0.25) is 0 Å². The first-order chi connectivity index (χ1) is 7.65. The average Bonchev–Trinajstić information content (AvgIpc) is 2.25.